The lowest BCUT2D eigenvalue weighted by atomic mass is 10.3. The first kappa shape index (κ1) is 18.7. The molecule has 0 unspecified atom stereocenters. The molecule has 0 spiro atoms. The zero-order chi connectivity index (χ0) is 18.4. The van der Waals surface area contributed by atoms with Crippen molar-refractivity contribution in [3.63, 3.8) is 0 Å². The zero-order valence-corrected chi connectivity index (χ0v) is 14.8. The third-order valence-corrected chi connectivity index (χ3v) is 4.33. The quantitative estimate of drug-likeness (QED) is 0.752. The van der Waals surface area contributed by atoms with E-state index in [9.17, 15) is 9.59 Å². The van der Waals surface area contributed by atoms with Crippen LogP contribution in [0.25, 0.3) is 0 Å². The Kier molecular flexibility index (Phi) is 6.30. The van der Waals surface area contributed by atoms with Crippen molar-refractivity contribution in [1.82, 2.24) is 0 Å². The van der Waals surface area contributed by atoms with Crippen LogP contribution in [0.15, 0.2) is 58.3 Å². The Hall–Kier alpha value is -2.67. The standard InChI is InChI=1S/C18H20N2O4S/c1-11(17(19)21)23-13-3-7-15(8-4-13)25-16-9-5-14(6-10-16)24-12(2)18(20)22/h3-12H,1-2H3,(H2,19,21)(H2,20,22)/t11-,12-/m1/s1. The molecule has 2 rings (SSSR count). The minimum absolute atomic E-state index is 0.508. The van der Waals surface area contributed by atoms with Crippen molar-refractivity contribution < 1.29 is 19.1 Å². The highest BCUT2D eigenvalue weighted by atomic mass is 32.2. The maximum absolute atomic E-state index is 11.0. The SMILES string of the molecule is C[C@@H](Oc1ccc(Sc2ccc(O[C@H](C)C(N)=O)cc2)cc1)C(N)=O. The van der Waals surface area contributed by atoms with Crippen LogP contribution < -0.4 is 20.9 Å². The van der Waals surface area contributed by atoms with Crippen LogP contribution in [0.4, 0.5) is 0 Å². The molecule has 0 aliphatic heterocycles. The Morgan fingerprint density at radius 3 is 1.36 bits per heavy atom. The van der Waals surface area contributed by atoms with Crippen LogP contribution >= 0.6 is 11.8 Å². The van der Waals surface area contributed by atoms with Crippen molar-refractivity contribution in [2.45, 2.75) is 35.8 Å². The van der Waals surface area contributed by atoms with E-state index in [1.807, 2.05) is 24.3 Å². The van der Waals surface area contributed by atoms with Gasteiger partial charge in [-0.3, -0.25) is 9.59 Å². The second kappa shape index (κ2) is 8.43. The summed E-state index contributed by atoms with van der Waals surface area (Å²) < 4.78 is 10.8. The molecule has 4 N–H and O–H groups in total. The summed E-state index contributed by atoms with van der Waals surface area (Å²) >= 11 is 1.56. The fourth-order valence-corrected chi connectivity index (χ4v) is 2.65. The summed E-state index contributed by atoms with van der Waals surface area (Å²) in [5.41, 5.74) is 10.3. The van der Waals surface area contributed by atoms with Crippen molar-refractivity contribution in [3.05, 3.63) is 48.5 Å². The molecule has 7 heteroatoms. The third kappa shape index (κ3) is 5.72. The van der Waals surface area contributed by atoms with Crippen molar-refractivity contribution in [3.8, 4) is 11.5 Å². The zero-order valence-electron chi connectivity index (χ0n) is 14.0. The highest BCUT2D eigenvalue weighted by Crippen LogP contribution is 2.30. The van der Waals surface area contributed by atoms with Crippen LogP contribution in [0, 0.1) is 0 Å². The molecule has 0 bridgehead atoms. The summed E-state index contributed by atoms with van der Waals surface area (Å²) in [7, 11) is 0. The minimum Gasteiger partial charge on any atom is -0.481 e. The molecule has 0 saturated heterocycles. The number of hydrogen-bond donors (Lipinski definition) is 2. The van der Waals surface area contributed by atoms with E-state index in [0.717, 1.165) is 9.79 Å². The normalized spacial score (nSPS) is 12.9. The van der Waals surface area contributed by atoms with E-state index >= 15 is 0 Å². The molecule has 2 amide bonds. The molecule has 25 heavy (non-hydrogen) atoms. The number of carbonyl (C=O) groups excluding carboxylic acids is 2. The van der Waals surface area contributed by atoms with Crippen LogP contribution in [-0.4, -0.2) is 24.0 Å². The van der Waals surface area contributed by atoms with E-state index in [1.54, 1.807) is 49.9 Å². The first-order chi connectivity index (χ1) is 11.8. The summed E-state index contributed by atoms with van der Waals surface area (Å²) in [4.78, 5) is 24.0. The molecule has 6 nitrogen and oxygen atoms in total. The number of hydrogen-bond acceptors (Lipinski definition) is 5. The van der Waals surface area contributed by atoms with Crippen LogP contribution in [0.3, 0.4) is 0 Å². The van der Waals surface area contributed by atoms with Crippen LogP contribution in [-0.2, 0) is 9.59 Å². The summed E-state index contributed by atoms with van der Waals surface area (Å²) in [5.74, 6) is 0.150. The van der Waals surface area contributed by atoms with Gasteiger partial charge >= 0.3 is 0 Å². The lowest BCUT2D eigenvalue weighted by Crippen LogP contribution is -2.30. The van der Waals surface area contributed by atoms with Gasteiger partial charge in [0.25, 0.3) is 11.8 Å². The number of nitrogens with two attached hydrogens (primary N) is 2. The van der Waals surface area contributed by atoms with E-state index < -0.39 is 24.0 Å². The monoisotopic (exact) mass is 360 g/mol. The van der Waals surface area contributed by atoms with Crippen LogP contribution in [0.5, 0.6) is 11.5 Å². The fourth-order valence-electron chi connectivity index (χ4n) is 1.83. The Morgan fingerprint density at radius 2 is 1.08 bits per heavy atom. The van der Waals surface area contributed by atoms with Gasteiger partial charge in [0.15, 0.2) is 12.2 Å². The topological polar surface area (TPSA) is 105 Å². The molecule has 0 fully saturated rings. The third-order valence-electron chi connectivity index (χ3n) is 3.31. The molecular weight excluding hydrogens is 340 g/mol. The maximum Gasteiger partial charge on any atom is 0.258 e. The van der Waals surface area contributed by atoms with Gasteiger partial charge in [-0.15, -0.1) is 0 Å². The smallest absolute Gasteiger partial charge is 0.258 e. The Morgan fingerprint density at radius 1 is 0.760 bits per heavy atom. The first-order valence-electron chi connectivity index (χ1n) is 7.65. The van der Waals surface area contributed by atoms with E-state index in [4.69, 9.17) is 20.9 Å². The largest absolute Gasteiger partial charge is 0.481 e. The van der Waals surface area contributed by atoms with E-state index in [1.165, 1.54) is 0 Å². The molecule has 0 heterocycles. The number of carbonyl (C=O) groups is 2. The number of primary amides is 2. The van der Waals surface area contributed by atoms with Crippen molar-refractivity contribution in [2.75, 3.05) is 0 Å². The Labute approximate surface area is 150 Å². The number of benzene rings is 2. The number of rotatable bonds is 8. The predicted octanol–water partition coefficient (Wildman–Crippen LogP) is 2.34. The molecule has 2 aromatic carbocycles. The average molecular weight is 360 g/mol. The summed E-state index contributed by atoms with van der Waals surface area (Å²) in [5, 5.41) is 0. The summed E-state index contributed by atoms with van der Waals surface area (Å²) in [6.07, 6.45) is -1.34. The van der Waals surface area contributed by atoms with Gasteiger partial charge in [-0.25, -0.2) is 0 Å². The maximum atomic E-state index is 11.0. The van der Waals surface area contributed by atoms with Gasteiger partial charge < -0.3 is 20.9 Å². The number of amides is 2. The lowest BCUT2D eigenvalue weighted by molar-refractivity contribution is -0.124. The van der Waals surface area contributed by atoms with Crippen molar-refractivity contribution in [2.24, 2.45) is 11.5 Å². The van der Waals surface area contributed by atoms with E-state index in [-0.39, 0.29) is 0 Å². The van der Waals surface area contributed by atoms with Gasteiger partial charge in [0.05, 0.1) is 0 Å². The fraction of sp³-hybridized carbons (Fsp3) is 0.222. The predicted molar refractivity (Wildman–Crippen MR) is 95.6 cm³/mol. The van der Waals surface area contributed by atoms with Gasteiger partial charge in [0.1, 0.15) is 11.5 Å². The lowest BCUT2D eigenvalue weighted by Gasteiger charge is -2.12. The highest BCUT2D eigenvalue weighted by molar-refractivity contribution is 7.99. The second-order valence-electron chi connectivity index (χ2n) is 5.37. The molecular formula is C18H20N2O4S. The van der Waals surface area contributed by atoms with Crippen molar-refractivity contribution in [1.29, 1.82) is 0 Å². The first-order valence-corrected chi connectivity index (χ1v) is 8.46. The average Bonchev–Trinajstić information content (AvgIpc) is 2.58. The van der Waals surface area contributed by atoms with Gasteiger partial charge in [0.2, 0.25) is 0 Å². The summed E-state index contributed by atoms with van der Waals surface area (Å²) in [6, 6.07) is 14.7. The van der Waals surface area contributed by atoms with Gasteiger partial charge in [-0.2, -0.15) is 0 Å². The molecule has 0 radical (unpaired) electrons. The molecule has 0 aliphatic rings. The minimum atomic E-state index is -0.672. The summed E-state index contributed by atoms with van der Waals surface area (Å²) in [6.45, 7) is 3.21. The van der Waals surface area contributed by atoms with Crippen molar-refractivity contribution >= 4 is 23.6 Å². The van der Waals surface area contributed by atoms with E-state index in [0.29, 0.717) is 11.5 Å². The molecule has 132 valence electrons. The van der Waals surface area contributed by atoms with Crippen LogP contribution in [0.2, 0.25) is 0 Å². The molecule has 0 saturated carbocycles. The highest BCUT2D eigenvalue weighted by Gasteiger charge is 2.11. The molecule has 0 aromatic heterocycles. The van der Waals surface area contributed by atoms with E-state index in [2.05, 4.69) is 0 Å². The Balaban J connectivity index is 1.95. The molecule has 2 atom stereocenters. The van der Waals surface area contributed by atoms with Gasteiger partial charge in [-0.05, 0) is 62.4 Å². The number of ether oxygens (including phenoxy) is 2. The second-order valence-corrected chi connectivity index (χ2v) is 6.52. The van der Waals surface area contributed by atoms with Gasteiger partial charge in [0, 0.05) is 9.79 Å². The Bertz CT molecular complexity index is 668. The molecule has 0 aliphatic carbocycles. The van der Waals surface area contributed by atoms with Crippen LogP contribution in [0.1, 0.15) is 13.8 Å². The molecule has 2 aromatic rings. The van der Waals surface area contributed by atoms with Gasteiger partial charge in [-0.1, -0.05) is 11.8 Å².